The number of carbonyl (C=O) groups excluding carboxylic acids is 1. The Kier molecular flexibility index (Phi) is 6.46. The average Bonchev–Trinajstić information content (AvgIpc) is 2.40. The number of amides is 1. The Hall–Kier alpha value is -0.930. The maximum absolute atomic E-state index is 11.9. The second-order valence-electron chi connectivity index (χ2n) is 4.46. The van der Waals surface area contributed by atoms with Crippen LogP contribution in [0.4, 0.5) is 0 Å². The molecule has 1 rings (SSSR count). The molecule has 19 heavy (non-hydrogen) atoms. The predicted octanol–water partition coefficient (Wildman–Crippen LogP) is 3.82. The molecule has 0 saturated heterocycles. The van der Waals surface area contributed by atoms with Crippen molar-refractivity contribution in [2.24, 2.45) is 5.92 Å². The molecule has 0 saturated carbocycles. The molecule has 1 aromatic rings. The third kappa shape index (κ3) is 4.59. The van der Waals surface area contributed by atoms with Crippen molar-refractivity contribution in [3.8, 4) is 5.75 Å². The Labute approximate surface area is 123 Å². The highest BCUT2D eigenvalue weighted by atomic mass is 35.5. The fraction of sp³-hybridized carbons (Fsp3) is 0.500. The van der Waals surface area contributed by atoms with Crippen LogP contribution in [0.1, 0.15) is 37.0 Å². The fourth-order valence-electron chi connectivity index (χ4n) is 1.94. The molecule has 1 unspecified atom stereocenters. The number of rotatable bonds is 6. The van der Waals surface area contributed by atoms with Gasteiger partial charge in [-0.3, -0.25) is 4.79 Å². The van der Waals surface area contributed by atoms with Gasteiger partial charge < -0.3 is 10.4 Å². The number of hydrogen-bond donors (Lipinski definition) is 2. The summed E-state index contributed by atoms with van der Waals surface area (Å²) in [6.45, 7) is 4.53. The van der Waals surface area contributed by atoms with E-state index >= 15 is 0 Å². The van der Waals surface area contributed by atoms with Gasteiger partial charge in [0.15, 0.2) is 0 Å². The van der Waals surface area contributed by atoms with Gasteiger partial charge in [-0.25, -0.2) is 0 Å². The topological polar surface area (TPSA) is 49.3 Å². The summed E-state index contributed by atoms with van der Waals surface area (Å²) in [6, 6.07) is 4.37. The largest absolute Gasteiger partial charge is 0.507 e. The summed E-state index contributed by atoms with van der Waals surface area (Å²) in [5, 5.41) is 12.6. The van der Waals surface area contributed by atoms with E-state index in [2.05, 4.69) is 19.2 Å². The van der Waals surface area contributed by atoms with E-state index in [1.165, 1.54) is 18.2 Å². The molecule has 0 aliphatic rings. The van der Waals surface area contributed by atoms with Crippen LogP contribution in [0.3, 0.4) is 0 Å². The second kappa shape index (κ2) is 7.61. The standard InChI is InChI=1S/C14H19Cl2NO2/c1-3-9(4-2)12(16)8-17-14(19)11-7-10(15)5-6-13(11)18/h5-7,9,12,18H,3-4,8H2,1-2H3,(H,17,19). The molecule has 0 fully saturated rings. The van der Waals surface area contributed by atoms with Crippen LogP contribution in [0.5, 0.6) is 5.75 Å². The molecule has 0 heterocycles. The second-order valence-corrected chi connectivity index (χ2v) is 5.46. The normalized spacial score (nSPS) is 12.5. The van der Waals surface area contributed by atoms with Crippen LogP contribution in [0.15, 0.2) is 18.2 Å². The number of hydrogen-bond acceptors (Lipinski definition) is 2. The van der Waals surface area contributed by atoms with Gasteiger partial charge in [-0.05, 0) is 24.1 Å². The van der Waals surface area contributed by atoms with Gasteiger partial charge >= 0.3 is 0 Å². The molecule has 0 aliphatic carbocycles. The molecule has 0 aromatic heterocycles. The lowest BCUT2D eigenvalue weighted by molar-refractivity contribution is 0.0949. The minimum Gasteiger partial charge on any atom is -0.507 e. The number of phenolic OH excluding ortho intramolecular Hbond substituents is 1. The molecule has 1 amide bonds. The van der Waals surface area contributed by atoms with Crippen LogP contribution >= 0.6 is 23.2 Å². The molecule has 106 valence electrons. The first kappa shape index (κ1) is 16.1. The fourth-order valence-corrected chi connectivity index (χ4v) is 2.55. The van der Waals surface area contributed by atoms with Crippen molar-refractivity contribution in [3.63, 3.8) is 0 Å². The van der Waals surface area contributed by atoms with Crippen molar-refractivity contribution in [2.45, 2.75) is 32.1 Å². The minimum atomic E-state index is -0.364. The smallest absolute Gasteiger partial charge is 0.255 e. The van der Waals surface area contributed by atoms with Crippen molar-refractivity contribution >= 4 is 29.1 Å². The van der Waals surface area contributed by atoms with Crippen LogP contribution in [-0.2, 0) is 0 Å². The van der Waals surface area contributed by atoms with Crippen LogP contribution in [0, 0.1) is 5.92 Å². The first-order valence-corrected chi connectivity index (χ1v) is 7.21. The Morgan fingerprint density at radius 2 is 2.00 bits per heavy atom. The first-order chi connectivity index (χ1) is 8.99. The van der Waals surface area contributed by atoms with E-state index in [1.807, 2.05) is 0 Å². The third-order valence-corrected chi connectivity index (χ3v) is 3.97. The first-order valence-electron chi connectivity index (χ1n) is 6.40. The van der Waals surface area contributed by atoms with E-state index in [0.717, 1.165) is 12.8 Å². The molecule has 3 nitrogen and oxygen atoms in total. The molecule has 0 radical (unpaired) electrons. The molecular formula is C14H19Cl2NO2. The predicted molar refractivity (Wildman–Crippen MR) is 79.2 cm³/mol. The Morgan fingerprint density at radius 3 is 2.58 bits per heavy atom. The monoisotopic (exact) mass is 303 g/mol. The molecule has 5 heteroatoms. The zero-order valence-electron chi connectivity index (χ0n) is 11.1. The van der Waals surface area contributed by atoms with Crippen LogP contribution in [-0.4, -0.2) is 22.9 Å². The van der Waals surface area contributed by atoms with E-state index in [0.29, 0.717) is 17.5 Å². The summed E-state index contributed by atoms with van der Waals surface area (Å²) >= 11 is 12.0. The lowest BCUT2D eigenvalue weighted by atomic mass is 9.99. The van der Waals surface area contributed by atoms with Crippen LogP contribution in [0.2, 0.25) is 5.02 Å². The number of phenols is 1. The van der Waals surface area contributed by atoms with Crippen molar-refractivity contribution in [1.29, 1.82) is 0 Å². The van der Waals surface area contributed by atoms with Crippen molar-refractivity contribution in [1.82, 2.24) is 5.32 Å². The van der Waals surface area contributed by atoms with Crippen molar-refractivity contribution < 1.29 is 9.90 Å². The van der Waals surface area contributed by atoms with E-state index in [1.54, 1.807) is 0 Å². The molecule has 0 aliphatic heterocycles. The maximum Gasteiger partial charge on any atom is 0.255 e. The van der Waals surface area contributed by atoms with Crippen molar-refractivity contribution in [3.05, 3.63) is 28.8 Å². The highest BCUT2D eigenvalue weighted by molar-refractivity contribution is 6.31. The summed E-state index contributed by atoms with van der Waals surface area (Å²) < 4.78 is 0. The number of nitrogens with one attached hydrogen (secondary N) is 1. The molecular weight excluding hydrogens is 285 g/mol. The van der Waals surface area contributed by atoms with E-state index in [-0.39, 0.29) is 22.6 Å². The number of aromatic hydroxyl groups is 1. The average molecular weight is 304 g/mol. The van der Waals surface area contributed by atoms with E-state index in [9.17, 15) is 9.90 Å². The lowest BCUT2D eigenvalue weighted by Crippen LogP contribution is -2.33. The van der Waals surface area contributed by atoms with Gasteiger partial charge in [-0.2, -0.15) is 0 Å². The lowest BCUT2D eigenvalue weighted by Gasteiger charge is -2.19. The summed E-state index contributed by atoms with van der Waals surface area (Å²) in [5.74, 6) is -0.0814. The summed E-state index contributed by atoms with van der Waals surface area (Å²) in [4.78, 5) is 11.9. The quantitative estimate of drug-likeness (QED) is 0.785. The van der Waals surface area contributed by atoms with Gasteiger partial charge in [0, 0.05) is 11.6 Å². The van der Waals surface area contributed by atoms with Gasteiger partial charge in [0.25, 0.3) is 5.91 Å². The summed E-state index contributed by atoms with van der Waals surface area (Å²) in [5.41, 5.74) is 0.168. The SMILES string of the molecule is CCC(CC)C(Cl)CNC(=O)c1cc(Cl)ccc1O. The summed E-state index contributed by atoms with van der Waals surface area (Å²) in [7, 11) is 0. The van der Waals surface area contributed by atoms with Crippen LogP contribution in [0.25, 0.3) is 0 Å². The highest BCUT2D eigenvalue weighted by Gasteiger charge is 2.18. The van der Waals surface area contributed by atoms with Crippen LogP contribution < -0.4 is 5.32 Å². The number of benzene rings is 1. The molecule has 2 N–H and O–H groups in total. The Bertz CT molecular complexity index is 433. The third-order valence-electron chi connectivity index (χ3n) is 3.22. The number of halogens is 2. The minimum absolute atomic E-state index is 0.0874. The zero-order valence-corrected chi connectivity index (χ0v) is 12.6. The number of alkyl halides is 1. The zero-order chi connectivity index (χ0) is 14.4. The molecule has 0 bridgehead atoms. The molecule has 1 atom stereocenters. The molecule has 1 aromatic carbocycles. The Balaban J connectivity index is 2.63. The maximum atomic E-state index is 11.9. The van der Waals surface area contributed by atoms with Gasteiger partial charge in [0.2, 0.25) is 0 Å². The number of carbonyl (C=O) groups is 1. The molecule has 0 spiro atoms. The van der Waals surface area contributed by atoms with E-state index in [4.69, 9.17) is 23.2 Å². The summed E-state index contributed by atoms with van der Waals surface area (Å²) in [6.07, 6.45) is 1.95. The van der Waals surface area contributed by atoms with Crippen molar-refractivity contribution in [2.75, 3.05) is 6.54 Å². The Morgan fingerprint density at radius 1 is 1.37 bits per heavy atom. The van der Waals surface area contributed by atoms with Gasteiger partial charge in [-0.15, -0.1) is 11.6 Å². The van der Waals surface area contributed by atoms with Gasteiger partial charge in [0.1, 0.15) is 5.75 Å². The van der Waals surface area contributed by atoms with E-state index < -0.39 is 0 Å². The van der Waals surface area contributed by atoms with Gasteiger partial charge in [0.05, 0.1) is 10.9 Å². The highest BCUT2D eigenvalue weighted by Crippen LogP contribution is 2.22. The van der Waals surface area contributed by atoms with Gasteiger partial charge in [-0.1, -0.05) is 38.3 Å².